The average Bonchev–Trinajstić information content (AvgIpc) is 3.51. The minimum atomic E-state index is -0.402. The number of nitrogens with one attached hydrogen (secondary N) is 2. The van der Waals surface area contributed by atoms with Crippen LogP contribution in [0.2, 0.25) is 0 Å². The van der Waals surface area contributed by atoms with E-state index in [1.807, 2.05) is 0 Å². The van der Waals surface area contributed by atoms with Crippen molar-refractivity contribution in [2.45, 2.75) is 70.3 Å². The molecule has 2 N–H and O–H groups in total. The predicted octanol–water partition coefficient (Wildman–Crippen LogP) is 3.81. The van der Waals surface area contributed by atoms with Gasteiger partial charge in [-0.25, -0.2) is 0 Å². The molecule has 0 spiro atoms. The van der Waals surface area contributed by atoms with Crippen LogP contribution in [-0.4, -0.2) is 30.4 Å². The molecule has 0 bridgehead atoms. The minimum Gasteiger partial charge on any atom is -0.456 e. The number of hydrogen-bond acceptors (Lipinski definition) is 4. The predicted molar refractivity (Wildman–Crippen MR) is 107 cm³/mol. The molecule has 2 aliphatic carbocycles. The first-order chi connectivity index (χ1) is 13.6. The third-order valence-electron chi connectivity index (χ3n) is 5.40. The molecule has 0 aliphatic heterocycles. The summed E-state index contributed by atoms with van der Waals surface area (Å²) in [6.07, 6.45) is 10.8. The lowest BCUT2D eigenvalue weighted by Gasteiger charge is -2.20. The topological polar surface area (TPSA) is 84.5 Å². The van der Waals surface area contributed by atoms with Gasteiger partial charge in [0.25, 0.3) is 11.8 Å². The molecule has 2 amide bonds. The Labute approximate surface area is 166 Å². The van der Waals surface area contributed by atoms with Crippen molar-refractivity contribution in [3.05, 3.63) is 29.8 Å². The summed E-state index contributed by atoms with van der Waals surface area (Å²) in [4.78, 5) is 35.9. The summed E-state index contributed by atoms with van der Waals surface area (Å²) < 4.78 is 5.07. The number of amides is 2. The molecule has 0 unspecified atom stereocenters. The summed E-state index contributed by atoms with van der Waals surface area (Å²) in [5.41, 5.74) is 1.02. The molecule has 152 valence electrons. The van der Waals surface area contributed by atoms with Crippen molar-refractivity contribution in [3.8, 4) is 0 Å². The first kappa shape index (κ1) is 20.4. The summed E-state index contributed by atoms with van der Waals surface area (Å²) in [7, 11) is 0. The lowest BCUT2D eigenvalue weighted by molar-refractivity contribution is -0.147. The average molecular weight is 386 g/mol. The number of rotatable bonds is 9. The van der Waals surface area contributed by atoms with E-state index < -0.39 is 5.91 Å². The number of carbonyl (C=O) groups excluding carboxylic acids is 3. The highest BCUT2D eigenvalue weighted by Crippen LogP contribution is 2.27. The maximum absolute atomic E-state index is 12.1. The van der Waals surface area contributed by atoms with E-state index in [2.05, 4.69) is 10.6 Å². The van der Waals surface area contributed by atoms with Gasteiger partial charge < -0.3 is 15.4 Å². The molecule has 1 aromatic rings. The van der Waals surface area contributed by atoms with Crippen LogP contribution in [0.15, 0.2) is 24.3 Å². The Morgan fingerprint density at radius 2 is 1.82 bits per heavy atom. The first-order valence-electron chi connectivity index (χ1n) is 10.5. The van der Waals surface area contributed by atoms with E-state index >= 15 is 0 Å². The van der Waals surface area contributed by atoms with E-state index in [4.69, 9.17) is 4.74 Å². The summed E-state index contributed by atoms with van der Waals surface area (Å²) in [6, 6.07) is 7.04. The molecule has 0 aromatic heterocycles. The Balaban J connectivity index is 1.34. The fourth-order valence-corrected chi connectivity index (χ4v) is 3.66. The molecule has 2 fully saturated rings. The van der Waals surface area contributed by atoms with E-state index in [1.54, 1.807) is 24.3 Å². The van der Waals surface area contributed by atoms with E-state index in [-0.39, 0.29) is 24.5 Å². The summed E-state index contributed by atoms with van der Waals surface area (Å²) in [6.45, 7) is -0.305. The molecule has 28 heavy (non-hydrogen) atoms. The number of esters is 1. The zero-order valence-electron chi connectivity index (χ0n) is 16.4. The van der Waals surface area contributed by atoms with Crippen LogP contribution < -0.4 is 10.6 Å². The highest BCUT2D eigenvalue weighted by molar-refractivity contribution is 5.98. The SMILES string of the molecule is O=C(COC(=O)CCCC1CCCCC1)Nc1cccc(C(=O)NC2CC2)c1. The molecule has 0 atom stereocenters. The van der Waals surface area contributed by atoms with Crippen molar-refractivity contribution in [1.82, 2.24) is 5.32 Å². The summed E-state index contributed by atoms with van der Waals surface area (Å²) in [5.74, 6) is -0.124. The van der Waals surface area contributed by atoms with Crippen molar-refractivity contribution in [1.29, 1.82) is 0 Å². The molecule has 2 aliphatic rings. The van der Waals surface area contributed by atoms with Crippen LogP contribution in [0.4, 0.5) is 5.69 Å². The second kappa shape index (κ2) is 10.2. The molecule has 0 radical (unpaired) electrons. The zero-order chi connectivity index (χ0) is 19.8. The lowest BCUT2D eigenvalue weighted by Crippen LogP contribution is -2.25. The Morgan fingerprint density at radius 3 is 2.57 bits per heavy atom. The van der Waals surface area contributed by atoms with Crippen LogP contribution in [0, 0.1) is 5.92 Å². The van der Waals surface area contributed by atoms with Gasteiger partial charge in [0, 0.05) is 23.7 Å². The molecular weight excluding hydrogens is 356 g/mol. The number of benzene rings is 1. The van der Waals surface area contributed by atoms with E-state index in [0.717, 1.165) is 31.6 Å². The highest BCUT2D eigenvalue weighted by Gasteiger charge is 2.23. The van der Waals surface area contributed by atoms with E-state index in [1.165, 1.54) is 32.1 Å². The number of ether oxygens (including phenoxy) is 1. The number of hydrogen-bond donors (Lipinski definition) is 2. The van der Waals surface area contributed by atoms with Gasteiger partial charge in [0.1, 0.15) is 0 Å². The van der Waals surface area contributed by atoms with Crippen molar-refractivity contribution >= 4 is 23.5 Å². The first-order valence-corrected chi connectivity index (χ1v) is 10.5. The van der Waals surface area contributed by atoms with Crippen molar-refractivity contribution in [2.24, 2.45) is 5.92 Å². The second-order valence-corrected chi connectivity index (χ2v) is 7.93. The summed E-state index contributed by atoms with van der Waals surface area (Å²) >= 11 is 0. The van der Waals surface area contributed by atoms with Gasteiger partial charge in [-0.2, -0.15) is 0 Å². The van der Waals surface area contributed by atoms with E-state index in [9.17, 15) is 14.4 Å². The van der Waals surface area contributed by atoms with Gasteiger partial charge in [-0.05, 0) is 49.8 Å². The minimum absolute atomic E-state index is 0.136. The van der Waals surface area contributed by atoms with Crippen LogP contribution in [-0.2, 0) is 14.3 Å². The maximum atomic E-state index is 12.1. The lowest BCUT2D eigenvalue weighted by atomic mass is 9.86. The number of anilines is 1. The monoisotopic (exact) mass is 386 g/mol. The Kier molecular flexibility index (Phi) is 7.46. The zero-order valence-corrected chi connectivity index (χ0v) is 16.4. The molecule has 0 heterocycles. The van der Waals surface area contributed by atoms with Gasteiger partial charge in [0.15, 0.2) is 6.61 Å². The van der Waals surface area contributed by atoms with Crippen molar-refractivity contribution in [3.63, 3.8) is 0 Å². The fourth-order valence-electron chi connectivity index (χ4n) is 3.66. The van der Waals surface area contributed by atoms with E-state index in [0.29, 0.717) is 17.7 Å². The highest BCUT2D eigenvalue weighted by atomic mass is 16.5. The smallest absolute Gasteiger partial charge is 0.306 e. The van der Waals surface area contributed by atoms with Gasteiger partial charge in [0.2, 0.25) is 0 Å². The standard InChI is InChI=1S/C22H30N2O4/c25-20(15-28-21(26)11-4-8-16-6-2-1-3-7-16)23-19-10-5-9-17(14-19)22(27)24-18-12-13-18/h5,9-10,14,16,18H,1-4,6-8,11-13,15H2,(H,23,25)(H,24,27). The third kappa shape index (κ3) is 6.98. The third-order valence-corrected chi connectivity index (χ3v) is 5.40. The van der Waals surface area contributed by atoms with Crippen molar-refractivity contribution in [2.75, 3.05) is 11.9 Å². The van der Waals surface area contributed by atoms with Gasteiger partial charge in [-0.15, -0.1) is 0 Å². The molecule has 2 saturated carbocycles. The molecular formula is C22H30N2O4. The molecule has 6 nitrogen and oxygen atoms in total. The molecule has 1 aromatic carbocycles. The van der Waals surface area contributed by atoms with Crippen LogP contribution in [0.25, 0.3) is 0 Å². The van der Waals surface area contributed by atoms with Crippen LogP contribution in [0.3, 0.4) is 0 Å². The van der Waals surface area contributed by atoms with Crippen LogP contribution >= 0.6 is 0 Å². The summed E-state index contributed by atoms with van der Waals surface area (Å²) in [5, 5.41) is 5.59. The normalized spacial score (nSPS) is 17.0. The molecule has 3 rings (SSSR count). The Hall–Kier alpha value is -2.37. The maximum Gasteiger partial charge on any atom is 0.306 e. The van der Waals surface area contributed by atoms with Crippen LogP contribution in [0.1, 0.15) is 74.6 Å². The van der Waals surface area contributed by atoms with Gasteiger partial charge in [-0.1, -0.05) is 38.2 Å². The Bertz CT molecular complexity index is 694. The van der Waals surface area contributed by atoms with Gasteiger partial charge in [-0.3, -0.25) is 14.4 Å². The quantitative estimate of drug-likeness (QED) is 0.632. The van der Waals surface area contributed by atoms with Crippen LogP contribution in [0.5, 0.6) is 0 Å². The second-order valence-electron chi connectivity index (χ2n) is 7.93. The van der Waals surface area contributed by atoms with Gasteiger partial charge >= 0.3 is 5.97 Å². The fraction of sp³-hybridized carbons (Fsp3) is 0.591. The number of carbonyl (C=O) groups is 3. The largest absolute Gasteiger partial charge is 0.456 e. The Morgan fingerprint density at radius 1 is 1.04 bits per heavy atom. The van der Waals surface area contributed by atoms with Crippen molar-refractivity contribution < 1.29 is 19.1 Å². The molecule has 0 saturated heterocycles. The van der Waals surface area contributed by atoms with Gasteiger partial charge in [0.05, 0.1) is 0 Å². The molecule has 6 heteroatoms.